The molecule has 3 aromatic heterocycles. The van der Waals surface area contributed by atoms with Gasteiger partial charge in [0.05, 0.1) is 32.7 Å². The van der Waals surface area contributed by atoms with Crippen LogP contribution in [0.1, 0.15) is 24.4 Å². The van der Waals surface area contributed by atoms with Crippen LogP contribution in [0, 0.1) is 6.92 Å². The van der Waals surface area contributed by atoms with Crippen molar-refractivity contribution in [3.8, 4) is 34.6 Å². The Kier molecular flexibility index (Phi) is 7.94. The molecule has 194 valence electrons. The van der Waals surface area contributed by atoms with Crippen molar-refractivity contribution in [3.05, 3.63) is 60.2 Å². The molecular weight excluding hydrogens is 498 g/mol. The van der Waals surface area contributed by atoms with E-state index >= 15 is 0 Å². The summed E-state index contributed by atoms with van der Waals surface area (Å²) < 4.78 is 34.3. The lowest BCUT2D eigenvalue weighted by molar-refractivity contribution is 0.177. The molecule has 0 amide bonds. The topological polar surface area (TPSA) is 146 Å². The largest absolute Gasteiger partial charge is 0.494 e. The molecule has 0 aliphatic rings. The second kappa shape index (κ2) is 11.3. The highest BCUT2D eigenvalue weighted by atomic mass is 32.2. The van der Waals surface area contributed by atoms with Gasteiger partial charge in [0.1, 0.15) is 39.7 Å². The van der Waals surface area contributed by atoms with E-state index in [9.17, 15) is 9.32 Å². The van der Waals surface area contributed by atoms with Gasteiger partial charge in [-0.25, -0.2) is 19.2 Å². The van der Waals surface area contributed by atoms with Crippen molar-refractivity contribution in [2.24, 2.45) is 0 Å². The third-order valence-corrected chi connectivity index (χ3v) is 6.88. The first-order valence-electron chi connectivity index (χ1n) is 11.2. The van der Waals surface area contributed by atoms with Crippen molar-refractivity contribution in [2.75, 3.05) is 26.1 Å². The van der Waals surface area contributed by atoms with Crippen molar-refractivity contribution in [3.63, 3.8) is 0 Å². The Morgan fingerprint density at radius 2 is 1.62 bits per heavy atom. The zero-order valence-corrected chi connectivity index (χ0v) is 21.8. The number of ether oxygens (including phenoxy) is 3. The van der Waals surface area contributed by atoms with E-state index < -0.39 is 22.3 Å². The number of hydrogen-bond acceptors (Lipinski definition) is 10. The highest BCUT2D eigenvalue weighted by Crippen LogP contribution is 2.37. The maximum atomic E-state index is 13.4. The van der Waals surface area contributed by atoms with E-state index in [1.54, 1.807) is 54.8 Å². The van der Waals surface area contributed by atoms with Gasteiger partial charge in [-0.15, -0.1) is 10.2 Å². The van der Waals surface area contributed by atoms with Crippen LogP contribution in [0.4, 0.5) is 5.95 Å². The van der Waals surface area contributed by atoms with E-state index in [1.807, 2.05) is 0 Å². The molecule has 0 spiro atoms. The highest BCUT2D eigenvalue weighted by molar-refractivity contribution is 7.87. The van der Waals surface area contributed by atoms with Gasteiger partial charge in [0.2, 0.25) is 11.8 Å². The molecule has 4 rings (SSSR count). The van der Waals surface area contributed by atoms with Crippen LogP contribution in [-0.2, 0) is 11.0 Å². The van der Waals surface area contributed by atoms with Crippen molar-refractivity contribution < 1.29 is 23.5 Å². The van der Waals surface area contributed by atoms with Crippen LogP contribution in [-0.4, -0.2) is 65.6 Å². The molecular formula is C24H27N7O5S. The molecule has 37 heavy (non-hydrogen) atoms. The number of para-hydroxylation sites is 1. The van der Waals surface area contributed by atoms with Crippen LogP contribution >= 0.6 is 0 Å². The fourth-order valence-corrected chi connectivity index (χ4v) is 4.45. The minimum absolute atomic E-state index is 0.125. The molecule has 3 atom stereocenters. The number of rotatable bonds is 10. The first kappa shape index (κ1) is 26.0. The average Bonchev–Trinajstić information content (AvgIpc) is 3.34. The van der Waals surface area contributed by atoms with E-state index in [-0.39, 0.29) is 5.95 Å². The number of anilines is 1. The molecule has 2 N–H and O–H groups in total. The second-order valence-corrected chi connectivity index (χ2v) is 9.41. The van der Waals surface area contributed by atoms with Gasteiger partial charge in [-0.2, -0.15) is 0 Å². The van der Waals surface area contributed by atoms with Crippen LogP contribution in [0.2, 0.25) is 0 Å². The zero-order valence-electron chi connectivity index (χ0n) is 20.9. The summed E-state index contributed by atoms with van der Waals surface area (Å²) in [6, 6.07) is 10.5. The summed E-state index contributed by atoms with van der Waals surface area (Å²) in [4.78, 5) is 12.7. The summed E-state index contributed by atoms with van der Waals surface area (Å²) in [5.74, 6) is 2.32. The Morgan fingerprint density at radius 1 is 0.973 bits per heavy atom. The number of methoxy groups -OCH3 is 3. The summed E-state index contributed by atoms with van der Waals surface area (Å²) in [6.07, 6.45) is 1.93. The number of hydrogen-bond donors (Lipinski definition) is 2. The van der Waals surface area contributed by atoms with Crippen LogP contribution in [0.25, 0.3) is 17.2 Å². The van der Waals surface area contributed by atoms with Crippen LogP contribution in [0.3, 0.4) is 0 Å². The molecule has 1 unspecified atom stereocenters. The number of nitrogens with zero attached hydrogens (tertiary/aromatic N) is 6. The molecule has 1 aromatic carbocycles. The maximum Gasteiger partial charge on any atom is 0.241 e. The molecule has 0 saturated carbocycles. The Hall–Kier alpha value is -4.10. The first-order chi connectivity index (χ1) is 17.9. The van der Waals surface area contributed by atoms with Crippen molar-refractivity contribution in [1.29, 1.82) is 0 Å². The second-order valence-electron chi connectivity index (χ2n) is 7.87. The van der Waals surface area contributed by atoms with Gasteiger partial charge in [0.15, 0.2) is 5.82 Å². The van der Waals surface area contributed by atoms with Gasteiger partial charge in [-0.05, 0) is 32.0 Å². The predicted octanol–water partition coefficient (Wildman–Crippen LogP) is 2.65. The number of aliphatic hydroxyl groups is 1. The number of aryl methyl sites for hydroxylation is 1. The molecule has 3 heterocycles. The van der Waals surface area contributed by atoms with Gasteiger partial charge >= 0.3 is 0 Å². The van der Waals surface area contributed by atoms with Crippen molar-refractivity contribution >= 4 is 16.9 Å². The van der Waals surface area contributed by atoms with Crippen LogP contribution < -0.4 is 18.9 Å². The summed E-state index contributed by atoms with van der Waals surface area (Å²) in [5.41, 5.74) is 1.36. The minimum atomic E-state index is -1.81. The van der Waals surface area contributed by atoms with Gasteiger partial charge in [0, 0.05) is 24.0 Å². The van der Waals surface area contributed by atoms with Gasteiger partial charge in [0.25, 0.3) is 0 Å². The quantitative estimate of drug-likeness (QED) is 0.317. The fraction of sp³-hybridized carbons (Fsp3) is 0.292. The van der Waals surface area contributed by atoms with E-state index in [0.717, 1.165) is 0 Å². The zero-order chi connectivity index (χ0) is 26.5. The molecule has 0 radical (unpaired) electrons. The third kappa shape index (κ3) is 5.37. The smallest absolute Gasteiger partial charge is 0.241 e. The average molecular weight is 526 g/mol. The van der Waals surface area contributed by atoms with Gasteiger partial charge < -0.3 is 19.3 Å². The van der Waals surface area contributed by atoms with Gasteiger partial charge in [-0.3, -0.25) is 9.29 Å². The predicted molar refractivity (Wildman–Crippen MR) is 137 cm³/mol. The number of aliphatic hydroxyl groups excluding tert-OH is 1. The molecule has 12 nitrogen and oxygen atoms in total. The SMILES string of the molecule is COc1cccc(-c2nnc(NS(=O)[C@H](C)[C@H](O)c3cnc(C)nc3)n2-c2c(OC)cccc2OC)n1. The molecule has 0 aliphatic heterocycles. The number of aromatic nitrogens is 6. The first-order valence-corrected chi connectivity index (χ1v) is 12.4. The molecule has 0 aliphatic carbocycles. The molecule has 0 fully saturated rings. The summed E-state index contributed by atoms with van der Waals surface area (Å²) in [6.45, 7) is 3.38. The van der Waals surface area contributed by atoms with Crippen molar-refractivity contribution in [1.82, 2.24) is 29.7 Å². The van der Waals surface area contributed by atoms with E-state index in [1.165, 1.54) is 33.7 Å². The Morgan fingerprint density at radius 3 is 2.24 bits per heavy atom. The lowest BCUT2D eigenvalue weighted by Gasteiger charge is -2.20. The molecule has 0 bridgehead atoms. The Bertz CT molecular complexity index is 1370. The normalized spacial score (nSPS) is 13.5. The standard InChI is InChI=1S/C24H27N7O5S/c1-14(22(32)16-12-25-15(2)26-13-16)37(33)30-24-29-28-23(17-8-6-11-20(27-17)36-5)31(24)21-18(34-3)9-7-10-19(21)35-4/h6-14,22,32H,1-5H3,(H,29,30)/t14-,22+,37?/m1/s1. The Labute approximate surface area is 216 Å². The maximum absolute atomic E-state index is 13.4. The number of nitrogens with one attached hydrogen (secondary N) is 1. The number of benzene rings is 1. The number of pyridine rings is 1. The van der Waals surface area contributed by atoms with Crippen molar-refractivity contribution in [2.45, 2.75) is 25.2 Å². The Balaban J connectivity index is 1.79. The summed E-state index contributed by atoms with van der Waals surface area (Å²) >= 11 is 0. The van der Waals surface area contributed by atoms with Gasteiger partial charge in [-0.1, -0.05) is 12.1 Å². The molecule has 4 aromatic rings. The van der Waals surface area contributed by atoms with Crippen LogP contribution in [0.5, 0.6) is 17.4 Å². The lowest BCUT2D eigenvalue weighted by atomic mass is 10.1. The molecule has 0 saturated heterocycles. The highest BCUT2D eigenvalue weighted by Gasteiger charge is 2.28. The van der Waals surface area contributed by atoms with E-state index in [0.29, 0.717) is 46.0 Å². The lowest BCUT2D eigenvalue weighted by Crippen LogP contribution is -2.26. The van der Waals surface area contributed by atoms with E-state index in [4.69, 9.17) is 14.2 Å². The fourth-order valence-electron chi connectivity index (χ4n) is 3.56. The summed E-state index contributed by atoms with van der Waals surface area (Å²) in [7, 11) is 2.76. The summed E-state index contributed by atoms with van der Waals surface area (Å²) in [5, 5.41) is 18.6. The van der Waals surface area contributed by atoms with Crippen LogP contribution in [0.15, 0.2) is 48.8 Å². The van der Waals surface area contributed by atoms with E-state index in [2.05, 4.69) is 29.9 Å². The minimum Gasteiger partial charge on any atom is -0.494 e. The third-order valence-electron chi connectivity index (χ3n) is 5.57. The molecule has 13 heteroatoms. The monoisotopic (exact) mass is 525 g/mol.